The number of aliphatic carboxylic acids is 1. The second-order valence-electron chi connectivity index (χ2n) is 5.56. The highest BCUT2D eigenvalue weighted by Gasteiger charge is 2.54. The van der Waals surface area contributed by atoms with E-state index in [-0.39, 0.29) is 11.3 Å². The molecule has 5 heteroatoms. The molecule has 0 radical (unpaired) electrons. The number of rotatable bonds is 3. The summed E-state index contributed by atoms with van der Waals surface area (Å²) in [5, 5.41) is 12.1. The number of carboxylic acids is 1. The van der Waals surface area contributed by atoms with Crippen molar-refractivity contribution < 1.29 is 14.3 Å². The molecule has 0 atom stereocenters. The molecule has 3 rings (SSSR count). The summed E-state index contributed by atoms with van der Waals surface area (Å²) >= 11 is 0. The van der Waals surface area contributed by atoms with Gasteiger partial charge in [0.2, 0.25) is 5.95 Å². The van der Waals surface area contributed by atoms with Gasteiger partial charge in [0.25, 0.3) is 0 Å². The van der Waals surface area contributed by atoms with Gasteiger partial charge in [0.15, 0.2) is 0 Å². The molecule has 2 aliphatic rings. The Balaban J connectivity index is 1.49. The Morgan fingerprint density at radius 3 is 2.67 bits per heavy atom. The number of halogens is 1. The second kappa shape index (κ2) is 3.93. The van der Waals surface area contributed by atoms with E-state index in [1.54, 1.807) is 6.07 Å². The minimum Gasteiger partial charge on any atom is -0.481 e. The maximum Gasteiger partial charge on any atom is 0.306 e. The minimum atomic E-state index is -0.667. The molecule has 0 aromatic carbocycles. The molecule has 0 bridgehead atoms. The molecule has 0 saturated heterocycles. The zero-order chi connectivity index (χ0) is 12.8. The standard InChI is InChI=1S/C13H15FN2O2/c14-11-2-1-9(7-15-11)16-10-5-13(6-10)3-8(4-13)12(17)18/h1-2,7-8,10,16H,3-6H2,(H,17,18). The molecule has 1 aromatic heterocycles. The number of carboxylic acid groups (broad SMARTS) is 1. The van der Waals surface area contributed by atoms with Gasteiger partial charge in [-0.1, -0.05) is 0 Å². The van der Waals surface area contributed by atoms with Crippen molar-refractivity contribution in [2.75, 3.05) is 5.32 Å². The highest BCUT2D eigenvalue weighted by Crippen LogP contribution is 2.59. The van der Waals surface area contributed by atoms with E-state index in [2.05, 4.69) is 10.3 Å². The fourth-order valence-electron chi connectivity index (χ4n) is 3.28. The van der Waals surface area contributed by atoms with E-state index in [9.17, 15) is 9.18 Å². The van der Waals surface area contributed by atoms with E-state index in [4.69, 9.17) is 5.11 Å². The molecule has 1 spiro atoms. The van der Waals surface area contributed by atoms with Crippen LogP contribution < -0.4 is 5.32 Å². The Kier molecular flexibility index (Phi) is 2.50. The maximum atomic E-state index is 12.6. The number of carbonyl (C=O) groups is 1. The minimum absolute atomic E-state index is 0.140. The smallest absolute Gasteiger partial charge is 0.306 e. The van der Waals surface area contributed by atoms with Crippen molar-refractivity contribution >= 4 is 11.7 Å². The first-order valence-electron chi connectivity index (χ1n) is 6.17. The average molecular weight is 250 g/mol. The van der Waals surface area contributed by atoms with Gasteiger partial charge in [-0.15, -0.1) is 0 Å². The van der Waals surface area contributed by atoms with Crippen LogP contribution in [0.2, 0.25) is 0 Å². The zero-order valence-electron chi connectivity index (χ0n) is 9.90. The van der Waals surface area contributed by atoms with Crippen LogP contribution in [0.4, 0.5) is 10.1 Å². The van der Waals surface area contributed by atoms with Crippen LogP contribution in [-0.2, 0) is 4.79 Å². The van der Waals surface area contributed by atoms with Gasteiger partial charge in [-0.3, -0.25) is 4.79 Å². The quantitative estimate of drug-likeness (QED) is 0.808. The van der Waals surface area contributed by atoms with Gasteiger partial charge in [0.05, 0.1) is 17.8 Å². The van der Waals surface area contributed by atoms with E-state index in [1.165, 1.54) is 12.3 Å². The summed E-state index contributed by atoms with van der Waals surface area (Å²) in [4.78, 5) is 14.3. The van der Waals surface area contributed by atoms with E-state index in [0.717, 1.165) is 31.4 Å². The molecule has 1 aromatic rings. The van der Waals surface area contributed by atoms with Crippen molar-refractivity contribution in [3.63, 3.8) is 0 Å². The summed E-state index contributed by atoms with van der Waals surface area (Å²) in [6.07, 6.45) is 5.12. The van der Waals surface area contributed by atoms with Crippen LogP contribution in [0.5, 0.6) is 0 Å². The molecule has 0 aliphatic heterocycles. The topological polar surface area (TPSA) is 62.2 Å². The van der Waals surface area contributed by atoms with Crippen molar-refractivity contribution in [2.24, 2.45) is 11.3 Å². The van der Waals surface area contributed by atoms with Crippen molar-refractivity contribution in [1.29, 1.82) is 0 Å². The Morgan fingerprint density at radius 2 is 2.11 bits per heavy atom. The van der Waals surface area contributed by atoms with E-state index >= 15 is 0 Å². The SMILES string of the molecule is O=C(O)C1CC2(CC(Nc3ccc(F)nc3)C2)C1. The summed E-state index contributed by atoms with van der Waals surface area (Å²) in [5.74, 6) is -1.29. The molecule has 2 N–H and O–H groups in total. The van der Waals surface area contributed by atoms with Crippen LogP contribution in [0.15, 0.2) is 18.3 Å². The van der Waals surface area contributed by atoms with Gasteiger partial charge in [-0.05, 0) is 43.2 Å². The Bertz CT molecular complexity index is 460. The van der Waals surface area contributed by atoms with E-state index in [1.807, 2.05) is 0 Å². The van der Waals surface area contributed by atoms with E-state index in [0.29, 0.717) is 6.04 Å². The van der Waals surface area contributed by atoms with E-state index < -0.39 is 11.9 Å². The first-order valence-corrected chi connectivity index (χ1v) is 6.17. The largest absolute Gasteiger partial charge is 0.481 e. The molecule has 1 heterocycles. The third-order valence-corrected chi connectivity index (χ3v) is 4.17. The van der Waals surface area contributed by atoms with Gasteiger partial charge >= 0.3 is 5.97 Å². The molecule has 2 aliphatic carbocycles. The molecule has 2 fully saturated rings. The number of anilines is 1. The fraction of sp³-hybridized carbons (Fsp3) is 0.538. The Hall–Kier alpha value is -1.65. The monoisotopic (exact) mass is 250 g/mol. The fourth-order valence-corrected chi connectivity index (χ4v) is 3.28. The summed E-state index contributed by atoms with van der Waals surface area (Å²) in [7, 11) is 0. The highest BCUT2D eigenvalue weighted by molar-refractivity contribution is 5.71. The van der Waals surface area contributed by atoms with Crippen LogP contribution >= 0.6 is 0 Å². The van der Waals surface area contributed by atoms with Crippen LogP contribution in [0.1, 0.15) is 25.7 Å². The summed E-state index contributed by atoms with van der Waals surface area (Å²) in [5.41, 5.74) is 1.08. The highest BCUT2D eigenvalue weighted by atomic mass is 19.1. The molecule has 2 saturated carbocycles. The number of pyridine rings is 1. The van der Waals surface area contributed by atoms with Crippen LogP contribution in [-0.4, -0.2) is 22.1 Å². The first kappa shape index (κ1) is 11.4. The van der Waals surface area contributed by atoms with Crippen LogP contribution in [0, 0.1) is 17.3 Å². The van der Waals surface area contributed by atoms with Gasteiger partial charge in [0, 0.05) is 6.04 Å². The van der Waals surface area contributed by atoms with Gasteiger partial charge in [-0.2, -0.15) is 4.39 Å². The molecule has 96 valence electrons. The lowest BCUT2D eigenvalue weighted by molar-refractivity contribution is -0.154. The normalized spacial score (nSPS) is 33.6. The Morgan fingerprint density at radius 1 is 1.39 bits per heavy atom. The predicted molar refractivity (Wildman–Crippen MR) is 63.6 cm³/mol. The lowest BCUT2D eigenvalue weighted by Crippen LogP contribution is -2.54. The van der Waals surface area contributed by atoms with Crippen molar-refractivity contribution in [2.45, 2.75) is 31.7 Å². The number of hydrogen-bond donors (Lipinski definition) is 2. The number of nitrogens with one attached hydrogen (secondary N) is 1. The maximum absolute atomic E-state index is 12.6. The first-order chi connectivity index (χ1) is 8.56. The second-order valence-corrected chi connectivity index (χ2v) is 5.56. The molecule has 0 unspecified atom stereocenters. The van der Waals surface area contributed by atoms with Crippen molar-refractivity contribution in [1.82, 2.24) is 4.98 Å². The molecular formula is C13H15FN2O2. The predicted octanol–water partition coefficient (Wildman–Crippen LogP) is 2.28. The Labute approximate surface area is 104 Å². The summed E-state index contributed by atoms with van der Waals surface area (Å²) in [6, 6.07) is 3.38. The van der Waals surface area contributed by atoms with Crippen LogP contribution in [0.25, 0.3) is 0 Å². The van der Waals surface area contributed by atoms with Gasteiger partial charge in [-0.25, -0.2) is 4.98 Å². The molecule has 0 amide bonds. The molecular weight excluding hydrogens is 235 g/mol. The third kappa shape index (κ3) is 1.94. The number of nitrogens with zero attached hydrogens (tertiary/aromatic N) is 1. The lowest BCUT2D eigenvalue weighted by Gasteiger charge is -2.56. The molecule has 4 nitrogen and oxygen atoms in total. The van der Waals surface area contributed by atoms with Gasteiger partial charge in [0.1, 0.15) is 0 Å². The summed E-state index contributed by atoms with van der Waals surface area (Å²) < 4.78 is 12.6. The third-order valence-electron chi connectivity index (χ3n) is 4.17. The van der Waals surface area contributed by atoms with Gasteiger partial charge < -0.3 is 10.4 Å². The number of aromatic nitrogens is 1. The van der Waals surface area contributed by atoms with Crippen LogP contribution in [0.3, 0.4) is 0 Å². The van der Waals surface area contributed by atoms with Crippen molar-refractivity contribution in [3.05, 3.63) is 24.3 Å². The summed E-state index contributed by atoms with van der Waals surface area (Å²) in [6.45, 7) is 0. The zero-order valence-corrected chi connectivity index (χ0v) is 9.90. The average Bonchev–Trinajstić information content (AvgIpc) is 2.21. The molecule has 18 heavy (non-hydrogen) atoms. The lowest BCUT2D eigenvalue weighted by atomic mass is 9.50. The number of hydrogen-bond acceptors (Lipinski definition) is 3. The van der Waals surface area contributed by atoms with Crippen molar-refractivity contribution in [3.8, 4) is 0 Å².